The molecule has 1 aromatic carbocycles. The first kappa shape index (κ1) is 21.6. The molecule has 7 nitrogen and oxygen atoms in total. The van der Waals surface area contributed by atoms with Crippen molar-refractivity contribution in [3.05, 3.63) is 40.8 Å². The van der Waals surface area contributed by atoms with Gasteiger partial charge in [-0.2, -0.15) is 10.4 Å². The number of primary amides is 1. The summed E-state index contributed by atoms with van der Waals surface area (Å²) in [5.41, 5.74) is 6.13. The average molecular weight is 445 g/mol. The van der Waals surface area contributed by atoms with Crippen LogP contribution in [0, 0.1) is 29.0 Å². The van der Waals surface area contributed by atoms with Crippen molar-refractivity contribution >= 4 is 29.0 Å². The number of halogens is 2. The van der Waals surface area contributed by atoms with Gasteiger partial charge in [0.1, 0.15) is 11.4 Å². The van der Waals surface area contributed by atoms with Gasteiger partial charge in [0.25, 0.3) is 5.91 Å². The largest absolute Gasteiger partial charge is 0.365 e. The van der Waals surface area contributed by atoms with Gasteiger partial charge in [0.05, 0.1) is 23.1 Å². The topological polar surface area (TPSA) is 109 Å². The molecule has 1 amide bonds. The van der Waals surface area contributed by atoms with Crippen LogP contribution in [0.3, 0.4) is 0 Å². The summed E-state index contributed by atoms with van der Waals surface area (Å²) >= 11 is 5.73. The molecular weight excluding hydrogens is 419 g/mol. The monoisotopic (exact) mass is 444 g/mol. The standard InChI is InChI=1S/C22H26ClFN6O/c1-12(13-2-3-13)27-15-5-7-20(14(8-15)10-25)30-11-17(21(26)31)22(29-30)28-16-4-6-18(23)19(24)9-16/h4,6,9,11-15,20,27H,2-3,5,7-8H2,1H3,(H2,26,31)(H,28,29)/t12-,14+,15+,20-/m0/s1. The molecule has 2 aromatic rings. The van der Waals surface area contributed by atoms with E-state index in [1.807, 2.05) is 0 Å². The number of nitrogens with zero attached hydrogens (tertiary/aromatic N) is 3. The van der Waals surface area contributed by atoms with E-state index in [1.165, 1.54) is 25.0 Å². The molecule has 4 N–H and O–H groups in total. The van der Waals surface area contributed by atoms with E-state index >= 15 is 0 Å². The van der Waals surface area contributed by atoms with Crippen molar-refractivity contribution in [1.29, 1.82) is 5.26 Å². The molecule has 164 valence electrons. The molecule has 1 heterocycles. The Kier molecular flexibility index (Phi) is 6.17. The summed E-state index contributed by atoms with van der Waals surface area (Å²) in [6, 6.07) is 7.27. The summed E-state index contributed by atoms with van der Waals surface area (Å²) in [4.78, 5) is 12.0. The minimum Gasteiger partial charge on any atom is -0.365 e. The lowest BCUT2D eigenvalue weighted by molar-refractivity contribution is 0.100. The van der Waals surface area contributed by atoms with Crippen LogP contribution in [0.2, 0.25) is 5.02 Å². The van der Waals surface area contributed by atoms with Crippen molar-refractivity contribution in [2.45, 2.75) is 57.2 Å². The molecule has 1 aromatic heterocycles. The Morgan fingerprint density at radius 1 is 1.39 bits per heavy atom. The molecule has 0 radical (unpaired) electrons. The third-order valence-electron chi connectivity index (χ3n) is 6.33. The molecule has 0 aliphatic heterocycles. The highest BCUT2D eigenvalue weighted by Crippen LogP contribution is 2.37. The fourth-order valence-corrected chi connectivity index (χ4v) is 4.53. The lowest BCUT2D eigenvalue weighted by atomic mass is 9.82. The van der Waals surface area contributed by atoms with Gasteiger partial charge in [0.15, 0.2) is 5.82 Å². The summed E-state index contributed by atoms with van der Waals surface area (Å²) in [5.74, 6) is -0.478. The number of anilines is 2. The first-order chi connectivity index (χ1) is 14.9. The third-order valence-corrected chi connectivity index (χ3v) is 6.63. The minimum atomic E-state index is -0.648. The van der Waals surface area contributed by atoms with E-state index in [4.69, 9.17) is 17.3 Å². The molecule has 2 saturated carbocycles. The van der Waals surface area contributed by atoms with Gasteiger partial charge in [-0.3, -0.25) is 9.48 Å². The quantitative estimate of drug-likeness (QED) is 0.594. The Bertz CT molecular complexity index is 1010. The summed E-state index contributed by atoms with van der Waals surface area (Å²) in [6.45, 7) is 2.22. The van der Waals surface area contributed by atoms with E-state index in [1.54, 1.807) is 16.9 Å². The summed E-state index contributed by atoms with van der Waals surface area (Å²) in [6.07, 6.45) is 6.56. The number of nitrogens with two attached hydrogens (primary N) is 1. The van der Waals surface area contributed by atoms with Gasteiger partial charge in [-0.25, -0.2) is 4.39 Å². The van der Waals surface area contributed by atoms with E-state index in [-0.39, 0.29) is 28.4 Å². The highest BCUT2D eigenvalue weighted by atomic mass is 35.5. The van der Waals surface area contributed by atoms with Crippen LogP contribution in [-0.4, -0.2) is 27.8 Å². The summed E-state index contributed by atoms with van der Waals surface area (Å²) < 4.78 is 15.4. The Balaban J connectivity index is 1.52. The van der Waals surface area contributed by atoms with Gasteiger partial charge in [-0.05, 0) is 63.1 Å². The van der Waals surface area contributed by atoms with Gasteiger partial charge in [-0.15, -0.1) is 0 Å². The van der Waals surface area contributed by atoms with Gasteiger partial charge in [0, 0.05) is 24.0 Å². The van der Waals surface area contributed by atoms with Gasteiger partial charge in [-0.1, -0.05) is 11.6 Å². The number of amides is 1. The van der Waals surface area contributed by atoms with Crippen LogP contribution in [0.15, 0.2) is 24.4 Å². The van der Waals surface area contributed by atoms with E-state index in [0.29, 0.717) is 17.8 Å². The van der Waals surface area contributed by atoms with Crippen LogP contribution in [-0.2, 0) is 0 Å². The second-order valence-corrected chi connectivity index (χ2v) is 9.00. The molecule has 31 heavy (non-hydrogen) atoms. The number of nitriles is 1. The van der Waals surface area contributed by atoms with Crippen LogP contribution in [0.25, 0.3) is 0 Å². The van der Waals surface area contributed by atoms with Crippen molar-refractivity contribution in [2.75, 3.05) is 5.32 Å². The van der Waals surface area contributed by atoms with Crippen LogP contribution in [0.1, 0.15) is 55.4 Å². The molecule has 0 unspecified atom stereocenters. The van der Waals surface area contributed by atoms with Crippen molar-refractivity contribution < 1.29 is 9.18 Å². The van der Waals surface area contributed by atoms with Gasteiger partial charge >= 0.3 is 0 Å². The lowest BCUT2D eigenvalue weighted by Crippen LogP contribution is -2.43. The number of nitrogens with one attached hydrogen (secondary N) is 2. The van der Waals surface area contributed by atoms with Crippen molar-refractivity contribution in [2.24, 2.45) is 17.6 Å². The molecule has 4 rings (SSSR count). The maximum absolute atomic E-state index is 13.8. The first-order valence-corrected chi connectivity index (χ1v) is 11.0. The van der Waals surface area contributed by atoms with Crippen LogP contribution in [0.4, 0.5) is 15.9 Å². The molecule has 0 bridgehead atoms. The second-order valence-electron chi connectivity index (χ2n) is 8.60. The summed E-state index contributed by atoms with van der Waals surface area (Å²) in [7, 11) is 0. The van der Waals surface area contributed by atoms with E-state index < -0.39 is 11.7 Å². The van der Waals surface area contributed by atoms with E-state index in [0.717, 1.165) is 25.2 Å². The normalized spacial score (nSPS) is 24.4. The van der Waals surface area contributed by atoms with Gasteiger partial charge < -0.3 is 16.4 Å². The molecule has 4 atom stereocenters. The summed E-state index contributed by atoms with van der Waals surface area (Å²) in [5, 5.41) is 20.9. The Labute approximate surface area is 185 Å². The number of carbonyl (C=O) groups is 1. The van der Waals surface area contributed by atoms with E-state index in [9.17, 15) is 14.4 Å². The Morgan fingerprint density at radius 2 is 2.16 bits per heavy atom. The first-order valence-electron chi connectivity index (χ1n) is 10.6. The van der Waals surface area contributed by atoms with Crippen LogP contribution >= 0.6 is 11.6 Å². The fourth-order valence-electron chi connectivity index (χ4n) is 4.41. The SMILES string of the molecule is C[C@H](N[C@@H]1CC[C@H](n2cc(C(N)=O)c(Nc3ccc(Cl)c(F)c3)n2)[C@@H](C#N)C1)C1CC1. The Hall–Kier alpha value is -2.63. The molecule has 9 heteroatoms. The third kappa shape index (κ3) is 4.83. The van der Waals surface area contributed by atoms with Gasteiger partial charge in [0.2, 0.25) is 0 Å². The zero-order valence-corrected chi connectivity index (χ0v) is 18.1. The molecule has 0 spiro atoms. The van der Waals surface area contributed by atoms with Crippen molar-refractivity contribution in [1.82, 2.24) is 15.1 Å². The maximum atomic E-state index is 13.8. The maximum Gasteiger partial charge on any atom is 0.254 e. The predicted octanol–water partition coefficient (Wildman–Crippen LogP) is 4.14. The number of carbonyl (C=O) groups excluding carboxylic acids is 1. The predicted molar refractivity (Wildman–Crippen MR) is 117 cm³/mol. The average Bonchev–Trinajstić information content (AvgIpc) is 3.51. The molecule has 2 fully saturated rings. The van der Waals surface area contributed by atoms with Crippen molar-refractivity contribution in [3.8, 4) is 6.07 Å². The number of rotatable bonds is 7. The van der Waals surface area contributed by atoms with E-state index in [2.05, 4.69) is 28.7 Å². The lowest BCUT2D eigenvalue weighted by Gasteiger charge is -2.34. The van der Waals surface area contributed by atoms with Crippen molar-refractivity contribution in [3.63, 3.8) is 0 Å². The minimum absolute atomic E-state index is 0.00411. The Morgan fingerprint density at radius 3 is 2.81 bits per heavy atom. The highest BCUT2D eigenvalue weighted by Gasteiger charge is 2.36. The second kappa shape index (κ2) is 8.85. The number of aromatic nitrogens is 2. The molecule has 2 aliphatic carbocycles. The van der Waals surface area contributed by atoms with Crippen LogP contribution in [0.5, 0.6) is 0 Å². The molecule has 0 saturated heterocycles. The zero-order valence-electron chi connectivity index (χ0n) is 17.3. The molecule has 2 aliphatic rings. The number of benzene rings is 1. The molecular formula is C22H26ClFN6O. The number of hydrogen-bond donors (Lipinski definition) is 3. The number of hydrogen-bond acceptors (Lipinski definition) is 5. The smallest absolute Gasteiger partial charge is 0.254 e. The zero-order chi connectivity index (χ0) is 22.1. The fraction of sp³-hybridized carbons (Fsp3) is 0.500. The van der Waals surface area contributed by atoms with Crippen LogP contribution < -0.4 is 16.4 Å². The highest BCUT2D eigenvalue weighted by molar-refractivity contribution is 6.30.